The van der Waals surface area contributed by atoms with Gasteiger partial charge in [-0.05, 0) is 6.42 Å². The van der Waals surface area contributed by atoms with Crippen LogP contribution < -0.4 is 0 Å². The van der Waals surface area contributed by atoms with Crippen LogP contribution in [0.5, 0.6) is 0 Å². The fourth-order valence-corrected chi connectivity index (χ4v) is 3.50. The molecule has 1 unspecified atom stereocenters. The molecule has 21 heavy (non-hydrogen) atoms. The van der Waals surface area contributed by atoms with Gasteiger partial charge in [-0.2, -0.15) is 22.6 Å². The number of carboxylic acid groups (broad SMARTS) is 1. The summed E-state index contributed by atoms with van der Waals surface area (Å²) in [5.41, 5.74) is 0. The molecule has 1 aliphatic heterocycles. The Morgan fingerprint density at radius 1 is 1.48 bits per heavy atom. The molecule has 0 aromatic carbocycles. The number of hydrogen-bond donors (Lipinski definition) is 1. The van der Waals surface area contributed by atoms with Gasteiger partial charge in [0.25, 0.3) is 0 Å². The average molecular weight is 327 g/mol. The molecule has 2 rings (SSSR count). The Morgan fingerprint density at radius 3 is 2.67 bits per heavy atom. The minimum Gasteiger partial charge on any atom is -0.481 e. The molecule has 118 valence electrons. The van der Waals surface area contributed by atoms with Gasteiger partial charge in [0.15, 0.2) is 0 Å². The summed E-state index contributed by atoms with van der Waals surface area (Å²) < 4.78 is 62.4. The summed E-state index contributed by atoms with van der Waals surface area (Å²) >= 11 is 0. The molecular weight excluding hydrogens is 315 g/mol. The molecular formula is C10H12F3N3O4S. The molecule has 2 heterocycles. The number of nitrogens with zero attached hydrogens (tertiary/aromatic N) is 3. The molecule has 0 spiro atoms. The van der Waals surface area contributed by atoms with Crippen molar-refractivity contribution in [3.8, 4) is 0 Å². The maximum absolute atomic E-state index is 12.2. The smallest absolute Gasteiger partial charge is 0.408 e. The largest absolute Gasteiger partial charge is 0.481 e. The van der Waals surface area contributed by atoms with Crippen LogP contribution in [0.15, 0.2) is 17.3 Å². The highest BCUT2D eigenvalue weighted by Crippen LogP contribution is 2.25. The fourth-order valence-electron chi connectivity index (χ4n) is 2.05. The lowest BCUT2D eigenvalue weighted by Crippen LogP contribution is -2.30. The van der Waals surface area contributed by atoms with Gasteiger partial charge < -0.3 is 5.11 Å². The average Bonchev–Trinajstić information content (AvgIpc) is 2.94. The Morgan fingerprint density at radius 2 is 2.14 bits per heavy atom. The number of rotatable bonds is 4. The summed E-state index contributed by atoms with van der Waals surface area (Å²) in [7, 11) is -4.02. The molecule has 0 aliphatic carbocycles. The van der Waals surface area contributed by atoms with Gasteiger partial charge in [0.05, 0.1) is 12.1 Å². The quantitative estimate of drug-likeness (QED) is 0.871. The molecule has 1 atom stereocenters. The highest BCUT2D eigenvalue weighted by atomic mass is 32.2. The summed E-state index contributed by atoms with van der Waals surface area (Å²) in [6, 6.07) is 0. The number of aliphatic carboxylic acids is 1. The molecule has 0 bridgehead atoms. The predicted octanol–water partition coefficient (Wildman–Crippen LogP) is 0.541. The van der Waals surface area contributed by atoms with E-state index in [1.807, 2.05) is 0 Å². The number of alkyl halides is 3. The molecule has 1 saturated heterocycles. The van der Waals surface area contributed by atoms with Crippen molar-refractivity contribution in [3.05, 3.63) is 12.4 Å². The van der Waals surface area contributed by atoms with E-state index in [1.165, 1.54) is 0 Å². The van der Waals surface area contributed by atoms with Gasteiger partial charge in [0.1, 0.15) is 11.4 Å². The van der Waals surface area contributed by atoms with E-state index in [0.29, 0.717) is 4.68 Å². The Hall–Kier alpha value is -1.62. The Labute approximate surface area is 118 Å². The minimum absolute atomic E-state index is 0.0176. The van der Waals surface area contributed by atoms with Crippen molar-refractivity contribution in [2.24, 2.45) is 5.92 Å². The maximum atomic E-state index is 12.2. The summed E-state index contributed by atoms with van der Waals surface area (Å²) in [5.74, 6) is -1.90. The minimum atomic E-state index is -4.50. The van der Waals surface area contributed by atoms with Crippen molar-refractivity contribution in [1.29, 1.82) is 0 Å². The van der Waals surface area contributed by atoms with E-state index in [-0.39, 0.29) is 24.4 Å². The first-order valence-corrected chi connectivity index (χ1v) is 7.36. The van der Waals surface area contributed by atoms with Gasteiger partial charge in [-0.25, -0.2) is 8.42 Å². The highest BCUT2D eigenvalue weighted by molar-refractivity contribution is 7.89. The van der Waals surface area contributed by atoms with E-state index in [0.717, 1.165) is 16.7 Å². The number of hydrogen-bond acceptors (Lipinski definition) is 4. The van der Waals surface area contributed by atoms with Crippen LogP contribution >= 0.6 is 0 Å². The Kier molecular flexibility index (Phi) is 3.97. The Balaban J connectivity index is 2.16. The molecule has 1 fully saturated rings. The van der Waals surface area contributed by atoms with Crippen LogP contribution in [0.3, 0.4) is 0 Å². The predicted molar refractivity (Wildman–Crippen MR) is 62.8 cm³/mol. The monoisotopic (exact) mass is 327 g/mol. The number of carboxylic acids is 1. The summed E-state index contributed by atoms with van der Waals surface area (Å²) in [5, 5.41) is 12.2. The molecule has 0 saturated carbocycles. The van der Waals surface area contributed by atoms with Crippen LogP contribution in [-0.2, 0) is 21.4 Å². The molecule has 1 aromatic heterocycles. The molecule has 1 N–H and O–H groups in total. The zero-order valence-corrected chi connectivity index (χ0v) is 11.4. The normalized spacial score (nSPS) is 20.8. The third-order valence-electron chi connectivity index (χ3n) is 3.09. The molecule has 1 aliphatic rings. The van der Waals surface area contributed by atoms with Crippen molar-refractivity contribution in [1.82, 2.24) is 14.1 Å². The molecule has 0 amide bonds. The van der Waals surface area contributed by atoms with E-state index < -0.39 is 34.6 Å². The van der Waals surface area contributed by atoms with Crippen LogP contribution in [0.1, 0.15) is 6.42 Å². The van der Waals surface area contributed by atoms with E-state index in [1.54, 1.807) is 0 Å². The second kappa shape index (κ2) is 5.30. The van der Waals surface area contributed by atoms with Crippen molar-refractivity contribution in [3.63, 3.8) is 0 Å². The van der Waals surface area contributed by atoms with E-state index >= 15 is 0 Å². The van der Waals surface area contributed by atoms with Crippen molar-refractivity contribution >= 4 is 16.0 Å². The summed E-state index contributed by atoms with van der Waals surface area (Å²) in [4.78, 5) is 10.4. The van der Waals surface area contributed by atoms with Crippen molar-refractivity contribution in [2.45, 2.75) is 24.0 Å². The van der Waals surface area contributed by atoms with Crippen molar-refractivity contribution < 1.29 is 31.5 Å². The number of sulfonamides is 1. The topological polar surface area (TPSA) is 92.5 Å². The first kappa shape index (κ1) is 15.8. The lowest BCUT2D eigenvalue weighted by molar-refractivity contribution is -0.143. The third kappa shape index (κ3) is 3.53. The van der Waals surface area contributed by atoms with Gasteiger partial charge in [-0.1, -0.05) is 0 Å². The fraction of sp³-hybridized carbons (Fsp3) is 0.600. The van der Waals surface area contributed by atoms with Gasteiger partial charge in [-0.3, -0.25) is 9.48 Å². The van der Waals surface area contributed by atoms with Crippen LogP contribution in [0, 0.1) is 5.92 Å². The number of halogens is 3. The molecule has 7 nitrogen and oxygen atoms in total. The van der Waals surface area contributed by atoms with Gasteiger partial charge in [0, 0.05) is 19.3 Å². The first-order chi connectivity index (χ1) is 9.59. The van der Waals surface area contributed by atoms with E-state index in [2.05, 4.69) is 5.10 Å². The van der Waals surface area contributed by atoms with Crippen LogP contribution in [-0.4, -0.2) is 52.8 Å². The zero-order chi connectivity index (χ0) is 15.8. The molecule has 1 aromatic rings. The van der Waals surface area contributed by atoms with Gasteiger partial charge in [-0.15, -0.1) is 0 Å². The van der Waals surface area contributed by atoms with Gasteiger partial charge in [0.2, 0.25) is 10.0 Å². The van der Waals surface area contributed by atoms with Crippen LogP contribution in [0.2, 0.25) is 0 Å². The maximum Gasteiger partial charge on any atom is 0.408 e. The lowest BCUT2D eigenvalue weighted by atomic mass is 10.1. The SMILES string of the molecule is O=C(O)C1CCN(S(=O)(=O)c2cnn(CC(F)(F)F)c2)C1. The van der Waals surface area contributed by atoms with E-state index in [9.17, 15) is 26.4 Å². The lowest BCUT2D eigenvalue weighted by Gasteiger charge is -2.14. The molecule has 11 heteroatoms. The second-order valence-corrected chi connectivity index (χ2v) is 6.61. The molecule has 0 radical (unpaired) electrons. The summed E-state index contributed by atoms with van der Waals surface area (Å²) in [6.07, 6.45) is -2.72. The first-order valence-electron chi connectivity index (χ1n) is 5.92. The second-order valence-electron chi connectivity index (χ2n) is 4.68. The van der Waals surface area contributed by atoms with Crippen molar-refractivity contribution in [2.75, 3.05) is 13.1 Å². The highest BCUT2D eigenvalue weighted by Gasteiger charge is 2.37. The van der Waals surface area contributed by atoms with E-state index in [4.69, 9.17) is 5.11 Å². The van der Waals surface area contributed by atoms with Gasteiger partial charge >= 0.3 is 12.1 Å². The number of carbonyl (C=O) groups is 1. The zero-order valence-electron chi connectivity index (χ0n) is 10.6. The Bertz CT molecular complexity index is 640. The summed E-state index contributed by atoms with van der Waals surface area (Å²) in [6.45, 7) is -1.56. The standard InChI is InChI=1S/C10H12F3N3O4S/c11-10(12,13)6-15-5-8(3-14-15)21(19,20)16-2-1-7(4-16)9(17)18/h3,5,7H,1-2,4,6H2,(H,17,18). The number of aromatic nitrogens is 2. The third-order valence-corrected chi connectivity index (χ3v) is 4.91. The van der Waals surface area contributed by atoms with Crippen LogP contribution in [0.25, 0.3) is 0 Å². The van der Waals surface area contributed by atoms with Crippen LogP contribution in [0.4, 0.5) is 13.2 Å².